The van der Waals surface area contributed by atoms with Crippen molar-refractivity contribution in [1.82, 2.24) is 5.32 Å². The van der Waals surface area contributed by atoms with Crippen LogP contribution in [0.5, 0.6) is 0 Å². The molecule has 0 saturated heterocycles. The largest absolute Gasteiger partial charge is 0.461 e. The quantitative estimate of drug-likeness (QED) is 0.853. The lowest BCUT2D eigenvalue weighted by Crippen LogP contribution is -2.26. The highest BCUT2D eigenvalue weighted by Crippen LogP contribution is 2.25. The van der Waals surface area contributed by atoms with Crippen LogP contribution in [0.3, 0.4) is 0 Å². The average Bonchev–Trinajstić information content (AvgIpc) is 2.69. The molecule has 2 nitrogen and oxygen atoms in total. The molecule has 0 radical (unpaired) electrons. The summed E-state index contributed by atoms with van der Waals surface area (Å²) < 4.78 is 5.77. The molecule has 3 heteroatoms. The van der Waals surface area contributed by atoms with Crippen molar-refractivity contribution in [3.63, 3.8) is 0 Å². The van der Waals surface area contributed by atoms with Crippen LogP contribution in [0.4, 0.5) is 0 Å². The summed E-state index contributed by atoms with van der Waals surface area (Å²) in [5.74, 6) is 2.24. The number of benzene rings is 1. The summed E-state index contributed by atoms with van der Waals surface area (Å²) in [5.41, 5.74) is 2.28. The van der Waals surface area contributed by atoms with Crippen LogP contribution in [0.15, 0.2) is 28.7 Å². The van der Waals surface area contributed by atoms with E-state index in [1.807, 2.05) is 30.8 Å². The normalized spacial score (nSPS) is 13.1. The molecule has 0 saturated carbocycles. The smallest absolute Gasteiger partial charge is 0.134 e. The van der Waals surface area contributed by atoms with Gasteiger partial charge in [0.15, 0.2) is 0 Å². The number of thioether (sulfide) groups is 1. The fourth-order valence-electron chi connectivity index (χ4n) is 2.11. The SMILES string of the molecule is CSCCC(C)NCc1c(C)oc2ccccc12. The summed E-state index contributed by atoms with van der Waals surface area (Å²) in [5, 5.41) is 4.82. The highest BCUT2D eigenvalue weighted by molar-refractivity contribution is 7.98. The third-order valence-corrected chi connectivity index (χ3v) is 3.93. The highest BCUT2D eigenvalue weighted by atomic mass is 32.2. The molecule has 1 unspecified atom stereocenters. The van der Waals surface area contributed by atoms with Crippen molar-refractivity contribution >= 4 is 22.7 Å². The number of hydrogen-bond acceptors (Lipinski definition) is 3. The first-order valence-corrected chi connectivity index (χ1v) is 7.81. The molecule has 0 aliphatic rings. The first kappa shape index (κ1) is 13.5. The number of hydrogen-bond donors (Lipinski definition) is 1. The Kier molecular flexibility index (Phi) is 4.72. The minimum Gasteiger partial charge on any atom is -0.461 e. The average molecular weight is 263 g/mol. The number of nitrogens with one attached hydrogen (secondary N) is 1. The van der Waals surface area contributed by atoms with Gasteiger partial charge >= 0.3 is 0 Å². The van der Waals surface area contributed by atoms with E-state index in [1.165, 1.54) is 23.1 Å². The predicted octanol–water partition coefficient (Wildman–Crippen LogP) is 3.97. The molecule has 0 amide bonds. The molecule has 98 valence electrons. The van der Waals surface area contributed by atoms with Crippen molar-refractivity contribution in [2.45, 2.75) is 32.9 Å². The zero-order valence-corrected chi connectivity index (χ0v) is 12.1. The topological polar surface area (TPSA) is 25.2 Å². The first-order chi connectivity index (χ1) is 8.72. The van der Waals surface area contributed by atoms with Gasteiger partial charge in [0.05, 0.1) is 0 Å². The lowest BCUT2D eigenvalue weighted by molar-refractivity contribution is 0.523. The zero-order valence-electron chi connectivity index (χ0n) is 11.3. The Morgan fingerprint density at radius 3 is 2.89 bits per heavy atom. The minimum atomic E-state index is 0.547. The van der Waals surface area contributed by atoms with Gasteiger partial charge in [-0.3, -0.25) is 0 Å². The van der Waals surface area contributed by atoms with Crippen molar-refractivity contribution in [2.75, 3.05) is 12.0 Å². The van der Waals surface area contributed by atoms with Crippen LogP contribution in [0, 0.1) is 6.92 Å². The molecular formula is C15H21NOS. The minimum absolute atomic E-state index is 0.547. The molecule has 0 bridgehead atoms. The van der Waals surface area contributed by atoms with Gasteiger partial charge in [0.2, 0.25) is 0 Å². The Morgan fingerprint density at radius 1 is 1.33 bits per heavy atom. The maximum atomic E-state index is 5.77. The van der Waals surface area contributed by atoms with E-state index < -0.39 is 0 Å². The number of para-hydroxylation sites is 1. The van der Waals surface area contributed by atoms with Crippen LogP contribution >= 0.6 is 11.8 Å². The van der Waals surface area contributed by atoms with Gasteiger partial charge in [-0.05, 0) is 38.3 Å². The van der Waals surface area contributed by atoms with Crippen molar-refractivity contribution in [3.05, 3.63) is 35.6 Å². The van der Waals surface area contributed by atoms with Gasteiger partial charge in [0, 0.05) is 23.5 Å². The van der Waals surface area contributed by atoms with Crippen LogP contribution in [0.25, 0.3) is 11.0 Å². The van der Waals surface area contributed by atoms with E-state index in [0.29, 0.717) is 6.04 Å². The third kappa shape index (κ3) is 3.09. The van der Waals surface area contributed by atoms with E-state index in [2.05, 4.69) is 30.6 Å². The fraction of sp³-hybridized carbons (Fsp3) is 0.467. The molecule has 2 rings (SSSR count). The molecule has 0 aliphatic carbocycles. The van der Waals surface area contributed by atoms with Gasteiger partial charge in [-0.25, -0.2) is 0 Å². The van der Waals surface area contributed by atoms with E-state index >= 15 is 0 Å². The number of rotatable bonds is 6. The summed E-state index contributed by atoms with van der Waals surface area (Å²) in [6.07, 6.45) is 3.36. The van der Waals surface area contributed by atoms with Gasteiger partial charge in [-0.15, -0.1) is 0 Å². The molecule has 1 aromatic carbocycles. The Balaban J connectivity index is 2.05. The Hall–Kier alpha value is -0.930. The highest BCUT2D eigenvalue weighted by Gasteiger charge is 2.10. The van der Waals surface area contributed by atoms with Gasteiger partial charge in [0.1, 0.15) is 11.3 Å². The van der Waals surface area contributed by atoms with E-state index in [-0.39, 0.29) is 0 Å². The van der Waals surface area contributed by atoms with Crippen molar-refractivity contribution in [1.29, 1.82) is 0 Å². The maximum Gasteiger partial charge on any atom is 0.134 e. The standard InChI is InChI=1S/C15H21NOS/c1-11(8-9-18-3)16-10-14-12(2)17-15-7-5-4-6-13(14)15/h4-7,11,16H,8-10H2,1-3H3. The Bertz CT molecular complexity index is 506. The number of aryl methyl sites for hydroxylation is 1. The molecule has 0 spiro atoms. The first-order valence-electron chi connectivity index (χ1n) is 6.41. The molecule has 0 fully saturated rings. The summed E-state index contributed by atoms with van der Waals surface area (Å²) in [6, 6.07) is 8.80. The van der Waals surface area contributed by atoms with Gasteiger partial charge in [-0.1, -0.05) is 18.2 Å². The lowest BCUT2D eigenvalue weighted by atomic mass is 10.1. The summed E-state index contributed by atoms with van der Waals surface area (Å²) in [7, 11) is 0. The summed E-state index contributed by atoms with van der Waals surface area (Å²) in [6.45, 7) is 5.18. The molecule has 1 aromatic heterocycles. The molecular weight excluding hydrogens is 242 g/mol. The van der Waals surface area contributed by atoms with E-state index in [1.54, 1.807) is 0 Å². The Labute approximate surface area is 113 Å². The van der Waals surface area contributed by atoms with Gasteiger partial charge in [0.25, 0.3) is 0 Å². The molecule has 1 N–H and O–H groups in total. The monoisotopic (exact) mass is 263 g/mol. The number of furan rings is 1. The second-order valence-corrected chi connectivity index (χ2v) is 5.68. The molecule has 2 aromatic rings. The van der Waals surface area contributed by atoms with Crippen molar-refractivity contribution in [3.8, 4) is 0 Å². The van der Waals surface area contributed by atoms with E-state index in [4.69, 9.17) is 4.42 Å². The second kappa shape index (κ2) is 6.30. The van der Waals surface area contributed by atoms with Crippen LogP contribution in [0.2, 0.25) is 0 Å². The molecule has 0 aliphatic heterocycles. The zero-order chi connectivity index (χ0) is 13.0. The molecule has 18 heavy (non-hydrogen) atoms. The lowest BCUT2D eigenvalue weighted by Gasteiger charge is -2.12. The van der Waals surface area contributed by atoms with Crippen molar-refractivity contribution < 1.29 is 4.42 Å². The van der Waals surface area contributed by atoms with Crippen LogP contribution in [-0.4, -0.2) is 18.1 Å². The van der Waals surface area contributed by atoms with Crippen molar-refractivity contribution in [2.24, 2.45) is 0 Å². The Morgan fingerprint density at radius 2 is 2.11 bits per heavy atom. The predicted molar refractivity (Wildman–Crippen MR) is 80.3 cm³/mol. The molecule has 1 heterocycles. The van der Waals surface area contributed by atoms with E-state index in [9.17, 15) is 0 Å². The molecule has 1 atom stereocenters. The number of fused-ring (bicyclic) bond motifs is 1. The second-order valence-electron chi connectivity index (χ2n) is 4.70. The maximum absolute atomic E-state index is 5.77. The summed E-state index contributed by atoms with van der Waals surface area (Å²) in [4.78, 5) is 0. The van der Waals surface area contributed by atoms with Crippen LogP contribution < -0.4 is 5.32 Å². The van der Waals surface area contributed by atoms with Gasteiger partial charge < -0.3 is 9.73 Å². The van der Waals surface area contributed by atoms with Gasteiger partial charge in [-0.2, -0.15) is 11.8 Å². The van der Waals surface area contributed by atoms with Crippen LogP contribution in [-0.2, 0) is 6.54 Å². The summed E-state index contributed by atoms with van der Waals surface area (Å²) >= 11 is 1.90. The van der Waals surface area contributed by atoms with Crippen LogP contribution in [0.1, 0.15) is 24.7 Å². The van der Waals surface area contributed by atoms with E-state index in [0.717, 1.165) is 17.9 Å². The fourth-order valence-corrected chi connectivity index (χ4v) is 2.70. The third-order valence-electron chi connectivity index (χ3n) is 3.28.